The van der Waals surface area contributed by atoms with E-state index in [9.17, 15) is 14.4 Å². The predicted octanol–water partition coefficient (Wildman–Crippen LogP) is 0.768. The molecule has 3 heterocycles. The molecule has 1 saturated carbocycles. The van der Waals surface area contributed by atoms with E-state index < -0.39 is 5.91 Å². The number of rotatable bonds is 6. The number of hydrogen-bond donors (Lipinski definition) is 1. The van der Waals surface area contributed by atoms with Gasteiger partial charge in [0.2, 0.25) is 5.82 Å². The van der Waals surface area contributed by atoms with Gasteiger partial charge >= 0.3 is 5.69 Å². The maximum absolute atomic E-state index is 12.7. The highest BCUT2D eigenvalue weighted by Gasteiger charge is 2.31. The molecule has 0 atom stereocenters. The predicted molar refractivity (Wildman–Crippen MR) is 96.5 cm³/mol. The Morgan fingerprint density at radius 2 is 2.11 bits per heavy atom. The van der Waals surface area contributed by atoms with Gasteiger partial charge in [-0.05, 0) is 37.1 Å². The van der Waals surface area contributed by atoms with E-state index in [4.69, 9.17) is 4.42 Å². The average molecular weight is 369 g/mol. The van der Waals surface area contributed by atoms with Gasteiger partial charge in [0.1, 0.15) is 5.56 Å². The summed E-state index contributed by atoms with van der Waals surface area (Å²) in [5.41, 5.74) is -0.536. The summed E-state index contributed by atoms with van der Waals surface area (Å²) in [5, 5.41) is 7.04. The van der Waals surface area contributed by atoms with Crippen LogP contribution in [0.3, 0.4) is 0 Å². The number of carbonyl (C=O) groups excluding carboxylic acids is 1. The van der Waals surface area contributed by atoms with E-state index in [1.165, 1.54) is 21.6 Å². The summed E-state index contributed by atoms with van der Waals surface area (Å²) >= 11 is 0. The van der Waals surface area contributed by atoms with Crippen molar-refractivity contribution < 1.29 is 9.21 Å². The van der Waals surface area contributed by atoms with Gasteiger partial charge in [-0.25, -0.2) is 9.48 Å². The van der Waals surface area contributed by atoms with E-state index in [-0.39, 0.29) is 35.9 Å². The van der Waals surface area contributed by atoms with Gasteiger partial charge in [-0.1, -0.05) is 0 Å². The molecule has 1 fully saturated rings. The summed E-state index contributed by atoms with van der Waals surface area (Å²) in [4.78, 5) is 36.9. The van der Waals surface area contributed by atoms with Crippen molar-refractivity contribution in [3.05, 3.63) is 63.1 Å². The molecule has 140 valence electrons. The summed E-state index contributed by atoms with van der Waals surface area (Å²) in [6.45, 7) is 0.376. The Morgan fingerprint density at radius 3 is 2.81 bits per heavy atom. The van der Waals surface area contributed by atoms with Gasteiger partial charge in [0.05, 0.1) is 12.8 Å². The lowest BCUT2D eigenvalue weighted by Gasteiger charge is -2.05. The Hall–Kier alpha value is -3.36. The maximum Gasteiger partial charge on any atom is 0.346 e. The fourth-order valence-corrected chi connectivity index (χ4v) is 2.94. The molecular weight excluding hydrogens is 350 g/mol. The SMILES string of the molecule is Cn1cccc(C(=O)NCCn2nc(-c3ccco3)n(C3CC3)c2=O)c1=O. The minimum absolute atomic E-state index is 0.0622. The zero-order valence-corrected chi connectivity index (χ0v) is 14.8. The Kier molecular flexibility index (Phi) is 4.27. The molecule has 0 radical (unpaired) electrons. The Bertz CT molecular complexity index is 1090. The number of pyridine rings is 1. The van der Waals surface area contributed by atoms with E-state index in [1.807, 2.05) is 0 Å². The molecular formula is C18H19N5O4. The Morgan fingerprint density at radius 1 is 1.30 bits per heavy atom. The van der Waals surface area contributed by atoms with Crippen LogP contribution in [0.15, 0.2) is 50.7 Å². The zero-order valence-electron chi connectivity index (χ0n) is 14.8. The molecule has 3 aromatic heterocycles. The molecule has 27 heavy (non-hydrogen) atoms. The van der Waals surface area contributed by atoms with Crippen LogP contribution in [0, 0.1) is 0 Å². The highest BCUT2D eigenvalue weighted by atomic mass is 16.3. The van der Waals surface area contributed by atoms with Crippen LogP contribution in [0.1, 0.15) is 29.2 Å². The first-order chi connectivity index (χ1) is 13.1. The fourth-order valence-electron chi connectivity index (χ4n) is 2.94. The number of amides is 1. The van der Waals surface area contributed by atoms with Crippen molar-refractivity contribution in [2.24, 2.45) is 7.05 Å². The first-order valence-corrected chi connectivity index (χ1v) is 8.73. The topological polar surface area (TPSA) is 104 Å². The van der Waals surface area contributed by atoms with Crippen LogP contribution in [0.5, 0.6) is 0 Å². The van der Waals surface area contributed by atoms with Crippen LogP contribution in [-0.2, 0) is 13.6 Å². The van der Waals surface area contributed by atoms with Crippen molar-refractivity contribution in [3.63, 3.8) is 0 Å². The number of carbonyl (C=O) groups is 1. The molecule has 9 nitrogen and oxygen atoms in total. The summed E-state index contributed by atoms with van der Waals surface area (Å²) in [5.74, 6) is 0.558. The van der Waals surface area contributed by atoms with Crippen LogP contribution >= 0.6 is 0 Å². The summed E-state index contributed by atoms with van der Waals surface area (Å²) in [7, 11) is 1.58. The van der Waals surface area contributed by atoms with E-state index in [0.717, 1.165) is 12.8 Å². The van der Waals surface area contributed by atoms with E-state index in [2.05, 4.69) is 10.4 Å². The quantitative estimate of drug-likeness (QED) is 0.691. The van der Waals surface area contributed by atoms with Crippen molar-refractivity contribution in [2.75, 3.05) is 6.54 Å². The molecule has 0 bridgehead atoms. The van der Waals surface area contributed by atoms with Gasteiger partial charge in [0.25, 0.3) is 11.5 Å². The number of aromatic nitrogens is 4. The number of furan rings is 1. The Labute approximate surface area is 153 Å². The highest BCUT2D eigenvalue weighted by Crippen LogP contribution is 2.36. The molecule has 1 N–H and O–H groups in total. The molecule has 9 heteroatoms. The van der Waals surface area contributed by atoms with Gasteiger partial charge in [-0.3, -0.25) is 14.2 Å². The number of aryl methyl sites for hydroxylation is 1. The smallest absolute Gasteiger partial charge is 0.346 e. The van der Waals surface area contributed by atoms with Crippen LogP contribution < -0.4 is 16.6 Å². The third-order valence-corrected chi connectivity index (χ3v) is 4.50. The third kappa shape index (κ3) is 3.23. The second-order valence-electron chi connectivity index (χ2n) is 6.50. The minimum Gasteiger partial charge on any atom is -0.461 e. The van der Waals surface area contributed by atoms with E-state index in [0.29, 0.717) is 11.6 Å². The van der Waals surface area contributed by atoms with Crippen LogP contribution in [-0.4, -0.2) is 31.4 Å². The number of nitrogens with one attached hydrogen (secondary N) is 1. The summed E-state index contributed by atoms with van der Waals surface area (Å²) in [6, 6.07) is 6.76. The molecule has 1 aliphatic carbocycles. The summed E-state index contributed by atoms with van der Waals surface area (Å²) < 4.78 is 9.69. The maximum atomic E-state index is 12.7. The fraction of sp³-hybridized carbons (Fsp3) is 0.333. The normalized spacial score (nSPS) is 13.7. The lowest BCUT2D eigenvalue weighted by Crippen LogP contribution is -2.35. The highest BCUT2D eigenvalue weighted by molar-refractivity contribution is 5.93. The molecule has 0 saturated heterocycles. The Balaban J connectivity index is 1.50. The van der Waals surface area contributed by atoms with Crippen molar-refractivity contribution in [1.29, 1.82) is 0 Å². The van der Waals surface area contributed by atoms with Gasteiger partial charge in [0, 0.05) is 25.8 Å². The molecule has 1 amide bonds. The van der Waals surface area contributed by atoms with Gasteiger partial charge in [-0.15, -0.1) is 5.10 Å². The number of nitrogens with zero attached hydrogens (tertiary/aromatic N) is 4. The molecule has 4 rings (SSSR count). The lowest BCUT2D eigenvalue weighted by atomic mass is 10.2. The van der Waals surface area contributed by atoms with Crippen molar-refractivity contribution in [3.8, 4) is 11.6 Å². The molecule has 3 aromatic rings. The first kappa shape index (κ1) is 17.1. The van der Waals surface area contributed by atoms with E-state index in [1.54, 1.807) is 36.0 Å². The van der Waals surface area contributed by atoms with Gasteiger partial charge < -0.3 is 14.3 Å². The summed E-state index contributed by atoms with van der Waals surface area (Å²) in [6.07, 6.45) is 5.00. The molecule has 0 aliphatic heterocycles. The van der Waals surface area contributed by atoms with Crippen LogP contribution in [0.25, 0.3) is 11.6 Å². The van der Waals surface area contributed by atoms with Crippen LogP contribution in [0.2, 0.25) is 0 Å². The second kappa shape index (κ2) is 6.75. The number of hydrogen-bond acceptors (Lipinski definition) is 5. The van der Waals surface area contributed by atoms with Gasteiger partial charge in [0.15, 0.2) is 5.76 Å². The van der Waals surface area contributed by atoms with E-state index >= 15 is 0 Å². The van der Waals surface area contributed by atoms with Gasteiger partial charge in [-0.2, -0.15) is 0 Å². The third-order valence-electron chi connectivity index (χ3n) is 4.50. The van der Waals surface area contributed by atoms with Crippen LogP contribution in [0.4, 0.5) is 0 Å². The second-order valence-corrected chi connectivity index (χ2v) is 6.50. The minimum atomic E-state index is -0.475. The molecule has 0 spiro atoms. The molecule has 0 unspecified atom stereocenters. The monoisotopic (exact) mass is 369 g/mol. The van der Waals surface area contributed by atoms with Crippen molar-refractivity contribution >= 4 is 5.91 Å². The van der Waals surface area contributed by atoms with Crippen molar-refractivity contribution in [2.45, 2.75) is 25.4 Å². The molecule has 1 aliphatic rings. The largest absolute Gasteiger partial charge is 0.461 e. The molecule has 0 aromatic carbocycles. The standard InChI is InChI=1S/C18H19N5O4/c1-21-9-2-4-13(17(21)25)16(24)19-8-10-22-18(26)23(12-6-7-12)15(20-22)14-5-3-11-27-14/h2-5,9,11-12H,6-8,10H2,1H3,(H,19,24). The van der Waals surface area contributed by atoms with Crippen molar-refractivity contribution in [1.82, 2.24) is 24.2 Å². The first-order valence-electron chi connectivity index (χ1n) is 8.73. The average Bonchev–Trinajstić information content (AvgIpc) is 3.23. The lowest BCUT2D eigenvalue weighted by molar-refractivity contribution is 0.0949. The zero-order chi connectivity index (χ0) is 19.0.